The van der Waals surface area contributed by atoms with Crippen molar-refractivity contribution >= 4 is 29.0 Å². The summed E-state index contributed by atoms with van der Waals surface area (Å²) in [7, 11) is 0. The number of nitrogens with zero attached hydrogens (tertiary/aromatic N) is 6. The van der Waals surface area contributed by atoms with Gasteiger partial charge in [0.2, 0.25) is 0 Å². The Morgan fingerprint density at radius 2 is 1.26 bits per heavy atom. The minimum absolute atomic E-state index is 0.0703. The Balaban J connectivity index is 0.000000156. The van der Waals surface area contributed by atoms with Gasteiger partial charge in [-0.2, -0.15) is 0 Å². The molecule has 4 aromatic heterocycles. The quantitative estimate of drug-likeness (QED) is 0.168. The van der Waals surface area contributed by atoms with Crippen molar-refractivity contribution < 1.29 is 14.6 Å². The molecular weight excluding hydrogens is 488 g/mol. The third-order valence-electron chi connectivity index (χ3n) is 5.78. The summed E-state index contributed by atoms with van der Waals surface area (Å²) in [6.45, 7) is 0. The van der Waals surface area contributed by atoms with Crippen LogP contribution in [-0.2, 0) is 0 Å². The lowest BCUT2D eigenvalue weighted by Gasteiger charge is -2.00. The average molecular weight is 506 g/mol. The third-order valence-corrected chi connectivity index (χ3v) is 5.78. The third kappa shape index (κ3) is 4.46. The van der Waals surface area contributed by atoms with Crippen LogP contribution in [0.2, 0.25) is 0 Å². The van der Waals surface area contributed by atoms with Crippen molar-refractivity contribution in [2.24, 2.45) is 0 Å². The highest BCUT2D eigenvalue weighted by Gasteiger charge is 2.21. The zero-order chi connectivity index (χ0) is 26.6. The van der Waals surface area contributed by atoms with E-state index in [0.717, 1.165) is 5.65 Å². The van der Waals surface area contributed by atoms with E-state index in [9.17, 15) is 25.0 Å². The number of imidazole rings is 2. The van der Waals surface area contributed by atoms with Crippen LogP contribution in [-0.4, -0.2) is 34.9 Å². The van der Waals surface area contributed by atoms with Gasteiger partial charge in [-0.15, -0.1) is 0 Å². The summed E-state index contributed by atoms with van der Waals surface area (Å²) in [5.74, 6) is 0. The highest BCUT2D eigenvalue weighted by molar-refractivity contribution is 5.88. The van der Waals surface area contributed by atoms with E-state index in [1.54, 1.807) is 71.4 Å². The molecule has 186 valence electrons. The van der Waals surface area contributed by atoms with Gasteiger partial charge in [-0.05, 0) is 36.4 Å². The molecule has 0 aliphatic rings. The van der Waals surface area contributed by atoms with E-state index < -0.39 is 4.92 Å². The number of nitro benzene ring substituents is 2. The molecule has 38 heavy (non-hydrogen) atoms. The predicted octanol–water partition coefficient (Wildman–Crippen LogP) is 5.63. The predicted molar refractivity (Wildman–Crippen MR) is 140 cm³/mol. The molecule has 0 spiro atoms. The number of carbonyl (C=O) groups is 1. The van der Waals surface area contributed by atoms with Crippen molar-refractivity contribution in [3.63, 3.8) is 0 Å². The maximum absolute atomic E-state index is 11.3. The highest BCUT2D eigenvalue weighted by atomic mass is 16.6. The van der Waals surface area contributed by atoms with Gasteiger partial charge >= 0.3 is 0 Å². The molecule has 6 rings (SSSR count). The normalized spacial score (nSPS) is 10.6. The molecule has 4 heterocycles. The monoisotopic (exact) mass is 506 g/mol. The number of carbonyl (C=O) groups excluding carboxylic acids is 1. The molecule has 0 fully saturated rings. The van der Waals surface area contributed by atoms with Crippen LogP contribution in [0.25, 0.3) is 33.8 Å². The fraction of sp³-hybridized carbons (Fsp3) is 0. The van der Waals surface area contributed by atoms with Crippen molar-refractivity contribution in [2.45, 2.75) is 0 Å². The molecule has 0 bridgehead atoms. The molecule has 0 saturated heterocycles. The molecule has 0 N–H and O–H groups in total. The lowest BCUT2D eigenvalue weighted by Crippen LogP contribution is -1.95. The van der Waals surface area contributed by atoms with E-state index in [1.807, 2.05) is 28.8 Å². The van der Waals surface area contributed by atoms with Gasteiger partial charge < -0.3 is 4.40 Å². The SMILES string of the molecule is O=Cc1c(-c2ccccc2[N+](=O)[O-])nc2ccccn12.O=[N+]([O-])c1ccccc1-c1cn2ccccc2n1. The van der Waals surface area contributed by atoms with Gasteiger partial charge in [0, 0.05) is 30.7 Å². The smallest absolute Gasteiger partial charge is 0.278 e. The second-order valence-electron chi connectivity index (χ2n) is 8.03. The Bertz CT molecular complexity index is 1790. The Morgan fingerprint density at radius 3 is 1.92 bits per heavy atom. The van der Waals surface area contributed by atoms with Gasteiger partial charge in [-0.25, -0.2) is 9.97 Å². The zero-order valence-electron chi connectivity index (χ0n) is 19.6. The molecule has 11 heteroatoms. The first-order valence-electron chi connectivity index (χ1n) is 11.3. The zero-order valence-corrected chi connectivity index (χ0v) is 19.6. The first-order valence-corrected chi connectivity index (χ1v) is 11.3. The number of hydrogen-bond donors (Lipinski definition) is 0. The lowest BCUT2D eigenvalue weighted by atomic mass is 10.1. The fourth-order valence-corrected chi connectivity index (χ4v) is 4.07. The number of pyridine rings is 2. The summed E-state index contributed by atoms with van der Waals surface area (Å²) < 4.78 is 3.45. The number of benzene rings is 2. The molecule has 0 amide bonds. The molecule has 0 saturated carbocycles. The van der Waals surface area contributed by atoms with E-state index in [1.165, 1.54) is 12.1 Å². The van der Waals surface area contributed by atoms with Crippen LogP contribution in [0.3, 0.4) is 0 Å². The van der Waals surface area contributed by atoms with Crippen LogP contribution in [0.1, 0.15) is 10.5 Å². The summed E-state index contributed by atoms with van der Waals surface area (Å²) in [4.78, 5) is 41.2. The van der Waals surface area contributed by atoms with Crippen molar-refractivity contribution in [3.8, 4) is 22.5 Å². The maximum atomic E-state index is 11.3. The van der Waals surface area contributed by atoms with Crippen LogP contribution in [0.4, 0.5) is 11.4 Å². The lowest BCUT2D eigenvalue weighted by molar-refractivity contribution is -0.384. The summed E-state index contributed by atoms with van der Waals surface area (Å²) in [5, 5.41) is 22.1. The number of nitro groups is 2. The summed E-state index contributed by atoms with van der Waals surface area (Å²) in [6, 6.07) is 23.8. The van der Waals surface area contributed by atoms with Crippen molar-refractivity contribution in [2.75, 3.05) is 0 Å². The van der Waals surface area contributed by atoms with Crippen LogP contribution < -0.4 is 0 Å². The number of hydrogen-bond acceptors (Lipinski definition) is 7. The van der Waals surface area contributed by atoms with Crippen molar-refractivity contribution in [3.05, 3.63) is 129 Å². The van der Waals surface area contributed by atoms with Crippen LogP contribution in [0.15, 0.2) is 104 Å². The number of fused-ring (bicyclic) bond motifs is 2. The summed E-state index contributed by atoms with van der Waals surface area (Å²) in [6.07, 6.45) is 6.01. The van der Waals surface area contributed by atoms with Crippen LogP contribution in [0, 0.1) is 20.2 Å². The summed E-state index contributed by atoms with van der Waals surface area (Å²) in [5.41, 5.74) is 3.43. The first-order chi connectivity index (χ1) is 18.5. The molecule has 6 aromatic rings. The number of rotatable bonds is 5. The number of aromatic nitrogens is 4. The minimum Gasteiger partial charge on any atom is -0.306 e. The van der Waals surface area contributed by atoms with Crippen LogP contribution in [0.5, 0.6) is 0 Å². The molecule has 0 aliphatic carbocycles. The largest absolute Gasteiger partial charge is 0.306 e. The van der Waals surface area contributed by atoms with E-state index in [4.69, 9.17) is 0 Å². The Labute approximate surface area is 214 Å². The fourth-order valence-electron chi connectivity index (χ4n) is 4.07. The van der Waals surface area contributed by atoms with Gasteiger partial charge in [0.1, 0.15) is 22.7 Å². The van der Waals surface area contributed by atoms with Gasteiger partial charge in [0.15, 0.2) is 6.29 Å². The van der Waals surface area contributed by atoms with Crippen molar-refractivity contribution in [1.82, 2.24) is 18.8 Å². The molecule has 0 radical (unpaired) electrons. The van der Waals surface area contributed by atoms with Crippen molar-refractivity contribution in [1.29, 1.82) is 0 Å². The minimum atomic E-state index is -0.478. The van der Waals surface area contributed by atoms with E-state index in [2.05, 4.69) is 9.97 Å². The standard InChI is InChI=1S/C14H9N3O3.C13H9N3O2/c18-9-12-14(15-13-7-3-4-8-16(12)13)10-5-1-2-6-11(10)17(19)20;17-16(18)12-6-2-1-5-10(12)11-9-15-8-4-3-7-13(15)14-11/h1-9H;1-9H. The molecule has 0 unspecified atom stereocenters. The van der Waals surface area contributed by atoms with E-state index >= 15 is 0 Å². The maximum Gasteiger partial charge on any atom is 0.278 e. The molecule has 11 nitrogen and oxygen atoms in total. The van der Waals surface area contributed by atoms with E-state index in [-0.39, 0.29) is 16.3 Å². The van der Waals surface area contributed by atoms with E-state index in [0.29, 0.717) is 40.1 Å². The first kappa shape index (κ1) is 24.0. The molecule has 0 aliphatic heterocycles. The highest BCUT2D eigenvalue weighted by Crippen LogP contribution is 2.31. The average Bonchev–Trinajstić information content (AvgIpc) is 3.55. The number of aldehydes is 1. The second-order valence-corrected chi connectivity index (χ2v) is 8.03. The Kier molecular flexibility index (Phi) is 6.39. The van der Waals surface area contributed by atoms with Gasteiger partial charge in [-0.3, -0.25) is 29.4 Å². The van der Waals surface area contributed by atoms with Gasteiger partial charge in [0.05, 0.1) is 26.7 Å². The van der Waals surface area contributed by atoms with Crippen LogP contribution >= 0.6 is 0 Å². The second kappa shape index (κ2) is 10.1. The molecule has 2 aromatic carbocycles. The molecular formula is C27H18N6O5. The molecule has 0 atom stereocenters. The topological polar surface area (TPSA) is 138 Å². The number of para-hydroxylation sites is 2. The van der Waals surface area contributed by atoms with Gasteiger partial charge in [0.25, 0.3) is 11.4 Å². The summed E-state index contributed by atoms with van der Waals surface area (Å²) >= 11 is 0. The van der Waals surface area contributed by atoms with Gasteiger partial charge in [-0.1, -0.05) is 36.4 Å². The Morgan fingerprint density at radius 1 is 0.684 bits per heavy atom. The Hall–Kier alpha value is -5.71.